The highest BCUT2D eigenvalue weighted by Crippen LogP contribution is 2.35. The number of rotatable bonds is 14. The molecule has 2 amide bonds. The summed E-state index contributed by atoms with van der Waals surface area (Å²) in [6.45, 7) is 13.3. The van der Waals surface area contributed by atoms with Crippen LogP contribution in [0, 0.1) is 13.8 Å². The molecule has 12 heteroatoms. The van der Waals surface area contributed by atoms with Crippen LogP contribution in [0.15, 0.2) is 103 Å². The Morgan fingerprint density at radius 1 is 0.796 bits per heavy atom. The van der Waals surface area contributed by atoms with E-state index in [9.17, 15) is 23.7 Å². The van der Waals surface area contributed by atoms with E-state index in [0.29, 0.717) is 70.2 Å². The average Bonchev–Trinajstić information content (AvgIpc) is 3.80. The molecule has 0 saturated carbocycles. The van der Waals surface area contributed by atoms with Crippen molar-refractivity contribution in [2.24, 2.45) is 4.99 Å². The fraction of sp³-hybridized carbons (Fsp3) is 0.310. The molecule has 0 bridgehead atoms. The van der Waals surface area contributed by atoms with E-state index < -0.39 is 11.2 Å². The Labute approximate surface area is 318 Å². The maximum atomic E-state index is 13.1. The summed E-state index contributed by atoms with van der Waals surface area (Å²) >= 11 is -1.25. The molecule has 0 saturated heterocycles. The second kappa shape index (κ2) is 17.1. The number of amides is 2. The number of aromatic nitrogens is 1. The number of esters is 2. The lowest BCUT2D eigenvalue weighted by atomic mass is 9.98. The average molecular weight is 751 g/mol. The molecule has 3 N–H and O–H groups in total. The van der Waals surface area contributed by atoms with Gasteiger partial charge in [0.2, 0.25) is 0 Å². The lowest BCUT2D eigenvalue weighted by Gasteiger charge is -2.10. The molecule has 5 rings (SSSR count). The van der Waals surface area contributed by atoms with Gasteiger partial charge in [-0.15, -0.1) is 0 Å². The largest absolute Gasteiger partial charge is 0.611 e. The van der Waals surface area contributed by atoms with Gasteiger partial charge >= 0.3 is 11.9 Å². The van der Waals surface area contributed by atoms with Crippen LogP contribution in [0.4, 0.5) is 0 Å². The van der Waals surface area contributed by atoms with Crippen molar-refractivity contribution < 1.29 is 33.2 Å². The summed E-state index contributed by atoms with van der Waals surface area (Å²) < 4.78 is 22.9. The molecule has 1 unspecified atom stereocenters. The van der Waals surface area contributed by atoms with Crippen LogP contribution < -0.4 is 10.6 Å². The molecule has 3 aliphatic rings. The maximum absolute atomic E-state index is 13.1. The number of H-pyrrole nitrogens is 1. The van der Waals surface area contributed by atoms with Crippen molar-refractivity contribution in [1.82, 2.24) is 15.6 Å². The normalized spacial score (nSPS) is 18.6. The molecule has 1 aromatic heterocycles. The first-order chi connectivity index (χ1) is 25.8. The molecule has 0 spiro atoms. The topological polar surface area (TPSA) is 162 Å². The Kier molecular flexibility index (Phi) is 12.6. The van der Waals surface area contributed by atoms with Gasteiger partial charge in [-0.05, 0) is 117 Å². The molecular weight excluding hydrogens is 705 g/mol. The third-order valence-electron chi connectivity index (χ3n) is 9.99. The van der Waals surface area contributed by atoms with E-state index in [1.54, 1.807) is 19.1 Å². The molecule has 0 aliphatic carbocycles. The predicted molar refractivity (Wildman–Crippen MR) is 210 cm³/mol. The van der Waals surface area contributed by atoms with E-state index in [4.69, 9.17) is 14.5 Å². The molecule has 3 aliphatic heterocycles. The summed E-state index contributed by atoms with van der Waals surface area (Å²) in [5, 5.41) is 5.87. The molecule has 2 aromatic rings. The Hall–Kier alpha value is -5.46. The van der Waals surface area contributed by atoms with Crippen molar-refractivity contribution in [3.63, 3.8) is 0 Å². The standard InChI is InChI=1S/C42H46N4O7S/c1-9-29-27(6)41(49)46-36(29)21-34-25(4)31(15-17-40(48)53-8)38(44-34)22-37-30(14-16-39(47)52-7)24(3)33(43-37)20-35-26(5)32(42(50)45-35)18-19-54(51)28-12-10-23(2)11-13-28/h9-13,20-22,43H,1,14-19H2,2-8H3,(H,45,50)(H,46,49)/b35-20-,36-21-,38-22-. The fourth-order valence-corrected chi connectivity index (χ4v) is 7.67. The number of carbonyl (C=O) groups is 4. The van der Waals surface area contributed by atoms with Crippen molar-refractivity contribution in [2.75, 3.05) is 20.0 Å². The molecular formula is C42H46N4O7S. The molecule has 54 heavy (non-hydrogen) atoms. The maximum Gasteiger partial charge on any atom is 0.305 e. The third kappa shape index (κ3) is 8.67. The molecule has 1 aromatic carbocycles. The Bertz CT molecular complexity index is 2140. The van der Waals surface area contributed by atoms with Crippen LogP contribution in [0.1, 0.15) is 74.5 Å². The lowest BCUT2D eigenvalue weighted by Crippen LogP contribution is -2.18. The zero-order valence-electron chi connectivity index (χ0n) is 31.8. The van der Waals surface area contributed by atoms with Crippen LogP contribution in [-0.4, -0.2) is 59.0 Å². The van der Waals surface area contributed by atoms with E-state index in [0.717, 1.165) is 44.0 Å². The first-order valence-electron chi connectivity index (χ1n) is 17.7. The van der Waals surface area contributed by atoms with Gasteiger partial charge < -0.3 is 29.6 Å². The highest BCUT2D eigenvalue weighted by atomic mass is 32.2. The second-order valence-electron chi connectivity index (χ2n) is 13.3. The lowest BCUT2D eigenvalue weighted by molar-refractivity contribution is -0.141. The number of ether oxygens (including phenoxy) is 2. The smallest absolute Gasteiger partial charge is 0.305 e. The summed E-state index contributed by atoms with van der Waals surface area (Å²) in [7, 11) is 2.70. The van der Waals surface area contributed by atoms with Crippen molar-refractivity contribution in [3.8, 4) is 0 Å². The molecule has 0 fully saturated rings. The van der Waals surface area contributed by atoms with Crippen LogP contribution in [0.5, 0.6) is 0 Å². The van der Waals surface area contributed by atoms with E-state index in [2.05, 4.69) is 22.2 Å². The fourth-order valence-electron chi connectivity index (χ4n) is 6.60. The summed E-state index contributed by atoms with van der Waals surface area (Å²) in [5.41, 5.74) is 11.0. The number of hydrogen-bond donors (Lipinski definition) is 3. The highest BCUT2D eigenvalue weighted by Gasteiger charge is 2.28. The van der Waals surface area contributed by atoms with Crippen LogP contribution in [0.25, 0.3) is 12.2 Å². The van der Waals surface area contributed by atoms with Gasteiger partial charge in [0.1, 0.15) is 5.75 Å². The van der Waals surface area contributed by atoms with Gasteiger partial charge in [-0.3, -0.25) is 19.2 Å². The number of hydrogen-bond acceptors (Lipinski definition) is 8. The number of benzene rings is 1. The zero-order chi connectivity index (χ0) is 39.3. The number of aromatic amines is 1. The van der Waals surface area contributed by atoms with Crippen molar-refractivity contribution >= 4 is 52.8 Å². The number of aliphatic imine (C=N–C) groups is 1. The van der Waals surface area contributed by atoms with Crippen molar-refractivity contribution in [3.05, 3.63) is 122 Å². The third-order valence-corrected chi connectivity index (χ3v) is 11.4. The molecule has 11 nitrogen and oxygen atoms in total. The summed E-state index contributed by atoms with van der Waals surface area (Å²) in [4.78, 5) is 59.3. The first kappa shape index (κ1) is 39.7. The summed E-state index contributed by atoms with van der Waals surface area (Å²) in [6, 6.07) is 7.55. The Morgan fingerprint density at radius 3 is 2.09 bits per heavy atom. The quantitative estimate of drug-likeness (QED) is 0.151. The second-order valence-corrected chi connectivity index (χ2v) is 14.9. The molecule has 0 radical (unpaired) electrons. The van der Waals surface area contributed by atoms with Crippen LogP contribution in [0.3, 0.4) is 0 Å². The molecule has 282 valence electrons. The SMILES string of the molecule is C=CC1=C(C)C(=O)N/C1=C\C1=NC(=C\c2[nH]c(/C=C3\NC(=O)C(CC[S+]([O-])c4ccc(C)cc4)=C3C)c(C)c2CCC(=O)OC)/C(CCC(=O)OC)=C1C. The number of aryl methyl sites for hydroxylation is 1. The van der Waals surface area contributed by atoms with E-state index in [1.165, 1.54) is 14.2 Å². The van der Waals surface area contributed by atoms with Gasteiger partial charge in [0.05, 0.1) is 31.3 Å². The van der Waals surface area contributed by atoms with Gasteiger partial charge in [0.25, 0.3) is 11.8 Å². The Balaban J connectivity index is 1.53. The van der Waals surface area contributed by atoms with Gasteiger partial charge in [-0.25, -0.2) is 4.99 Å². The van der Waals surface area contributed by atoms with Crippen molar-refractivity contribution in [1.29, 1.82) is 0 Å². The van der Waals surface area contributed by atoms with Gasteiger partial charge in [0, 0.05) is 53.1 Å². The predicted octanol–water partition coefficient (Wildman–Crippen LogP) is 6.30. The number of nitrogens with zero attached hydrogens (tertiary/aromatic N) is 1. The van der Waals surface area contributed by atoms with Crippen LogP contribution in [0.2, 0.25) is 0 Å². The van der Waals surface area contributed by atoms with Gasteiger partial charge in [0.15, 0.2) is 4.90 Å². The minimum Gasteiger partial charge on any atom is -0.611 e. The van der Waals surface area contributed by atoms with E-state index in [1.807, 2.05) is 64.1 Å². The minimum absolute atomic E-state index is 0.135. The molecule has 1 atom stereocenters. The number of allylic oxidation sites excluding steroid dienone is 5. The number of methoxy groups -OCH3 is 2. The summed E-state index contributed by atoms with van der Waals surface area (Å²) in [5.74, 6) is -0.827. The highest BCUT2D eigenvalue weighted by molar-refractivity contribution is 7.91. The van der Waals surface area contributed by atoms with Crippen LogP contribution >= 0.6 is 0 Å². The monoisotopic (exact) mass is 750 g/mol. The van der Waals surface area contributed by atoms with E-state index in [-0.39, 0.29) is 36.6 Å². The van der Waals surface area contributed by atoms with Gasteiger partial charge in [-0.1, -0.05) is 30.4 Å². The summed E-state index contributed by atoms with van der Waals surface area (Å²) in [6.07, 6.45) is 8.56. The zero-order valence-corrected chi connectivity index (χ0v) is 32.6. The Morgan fingerprint density at radius 2 is 1.44 bits per heavy atom. The first-order valence-corrected chi connectivity index (χ1v) is 19.0. The van der Waals surface area contributed by atoms with E-state index >= 15 is 0 Å². The number of nitrogens with one attached hydrogen (secondary N) is 3. The van der Waals surface area contributed by atoms with Gasteiger partial charge in [-0.2, -0.15) is 0 Å². The number of carbonyl (C=O) groups excluding carboxylic acids is 4. The molecule has 4 heterocycles. The minimum atomic E-state index is -1.25. The van der Waals surface area contributed by atoms with Crippen molar-refractivity contribution in [2.45, 2.75) is 71.6 Å². The van der Waals surface area contributed by atoms with Crippen LogP contribution in [-0.2, 0) is 46.2 Å².